The van der Waals surface area contributed by atoms with Gasteiger partial charge in [-0.15, -0.1) is 11.8 Å². The quantitative estimate of drug-likeness (QED) is 0.0222. The number of nitrogen functional groups attached to an aromatic ring is 1. The number of hydrogen-bond acceptors (Lipinski definition) is 31. The van der Waals surface area contributed by atoms with Gasteiger partial charge in [0.2, 0.25) is 59.1 Å². The van der Waals surface area contributed by atoms with E-state index in [2.05, 4.69) is 66.3 Å². The highest BCUT2D eigenvalue weighted by molar-refractivity contribution is 8.00. The van der Waals surface area contributed by atoms with Crippen molar-refractivity contribution in [1.29, 1.82) is 0 Å². The maximum atomic E-state index is 14.9. The zero-order valence-corrected chi connectivity index (χ0v) is 86.1. The number of likely N-dealkylation sites (tertiary alicyclic amines) is 2. The molecule has 3 saturated heterocycles. The fourth-order valence-electron chi connectivity index (χ4n) is 16.8. The van der Waals surface area contributed by atoms with Gasteiger partial charge in [0.25, 0.3) is 0 Å². The number of ether oxygens (including phenoxy) is 4. The van der Waals surface area contributed by atoms with E-state index in [1.807, 2.05) is 13.8 Å². The molecule has 142 heavy (non-hydrogen) atoms. The summed E-state index contributed by atoms with van der Waals surface area (Å²) in [6.07, 6.45) is -5.92. The lowest BCUT2D eigenvalue weighted by atomic mass is 9.87. The number of imidazole rings is 1. The molecule has 0 spiro atoms. The van der Waals surface area contributed by atoms with Crippen molar-refractivity contribution in [2.75, 3.05) is 97.6 Å². The normalized spacial score (nSPS) is 19.9. The first kappa shape index (κ1) is 119. The number of aromatic nitrogens is 4. The molecule has 5 heterocycles. The van der Waals surface area contributed by atoms with E-state index < -0.39 is 216 Å². The van der Waals surface area contributed by atoms with Crippen molar-refractivity contribution >= 4 is 135 Å². The number of aliphatic carboxylic acids is 1. The van der Waals surface area contributed by atoms with E-state index in [1.165, 1.54) is 51.8 Å². The Bertz CT molecular complexity index is 5070. The van der Waals surface area contributed by atoms with Gasteiger partial charge < -0.3 is 123 Å². The number of rotatable bonds is 59. The molecular formula is C89H141N18O31P3S. The SMILES string of the molecule is CCC(C)C(C(CC(=O)N1CCCC1C(OC)C(C)C(=O)NC(Cc1ccccc1)C(=O)O)OC)N(C)C(=O)C(NC(=O)C(C(C)C)N(C)C(=O)OCc1ccc(NC(=O)C(CCCNC(N)=O)NC(=O)C(NC(=O)CCCCCN2CCC(SCCNC(=O)CCNC(=O)C(O)C(C)(C)COP(=O)(O)OP(=O)(O)OCC3OC(n4cnc5c(N)ncnc54)C(O)C3OP(=O)(O)O)C2=O)C(C)C)cc1)C(C)C. The number of likely N-dealkylation sites (N-methyl/N-ethyl adjacent to an activating group) is 2. The molecule has 3 fully saturated rings. The van der Waals surface area contributed by atoms with Gasteiger partial charge in [0.15, 0.2) is 17.7 Å². The molecule has 19 unspecified atom stereocenters. The number of anilines is 2. The van der Waals surface area contributed by atoms with Crippen molar-refractivity contribution in [1.82, 2.24) is 76.3 Å². The number of methoxy groups -OCH3 is 2. The van der Waals surface area contributed by atoms with Crippen LogP contribution in [-0.2, 0) is 116 Å². The van der Waals surface area contributed by atoms with Crippen molar-refractivity contribution in [3.8, 4) is 0 Å². The number of nitrogens with one attached hydrogen (secondary N) is 8. The standard InChI is InChI=1S/C89H141N18O31P3S/c1-16-53(8)71(61(131-14)44-66(110)106-40-24-28-60(106)73(132-15)54(9)78(113)100-59(86(120)121)43-55-25-19-17-20-26-55)103(12)84(119)68(51(4)5)102-81(116)70(52(6)7)104(13)88(123)133-45-56-30-32-57(33-31-56)98-79(114)58(27-23-36-94-87(91)122)99-80(115)67(50(2)3)101-65(109)29-21-18-22-39-105-41-35-63(83(105)118)142-42-38-92-64(108)34-37-93-82(117)75(112)89(10,11)47-135-141(129,130)138-140(127,128)134-46-62-74(137-139(124,125)126)72(111)85(136-62)107-49-97-69-76(90)95-48-96-77(69)107/h17,19-20,25-26,30-33,48-54,58-63,67-68,70-75,85,111-112H,16,18,21-24,27-29,34-47H2,1-15H3,(H,92,108)(H,93,117)(H,98,114)(H,99,115)(H,100,113)(H,101,109)(H,102,116)(H,120,121)(H,127,128)(H,129,130)(H2,90,95,96)(H3,91,94,122)(H2,124,125,126). The third-order valence-electron chi connectivity index (χ3n) is 24.8. The lowest BCUT2D eigenvalue weighted by Gasteiger charge is -2.41. The Labute approximate surface area is 828 Å². The number of unbranched alkanes of at least 4 members (excludes halogenated alkanes) is 2. The summed E-state index contributed by atoms with van der Waals surface area (Å²) in [6, 6.07) is 7.40. The molecule has 794 valence electrons. The number of urea groups is 1. The molecule has 19 atom stereocenters. The number of aliphatic hydroxyl groups excluding tert-OH is 2. The van der Waals surface area contributed by atoms with Crippen LogP contribution in [0, 0.1) is 35.0 Å². The lowest BCUT2D eigenvalue weighted by molar-refractivity contribution is -0.148. The van der Waals surface area contributed by atoms with Crippen LogP contribution in [0.2, 0.25) is 0 Å². The van der Waals surface area contributed by atoms with Crippen LogP contribution in [-0.4, -0.2) is 322 Å². The highest BCUT2D eigenvalue weighted by atomic mass is 32.2. The second-order valence-corrected chi connectivity index (χ2v) is 42.6. The average Bonchev–Trinajstić information content (AvgIpc) is 1.61. The van der Waals surface area contributed by atoms with E-state index in [9.17, 15) is 111 Å². The van der Waals surface area contributed by atoms with Gasteiger partial charge >= 0.3 is 41.6 Å². The molecule has 7 rings (SSSR count). The predicted molar refractivity (Wildman–Crippen MR) is 515 cm³/mol. The number of nitrogens with two attached hydrogens (primary N) is 2. The topological polar surface area (TPSA) is 693 Å². The minimum atomic E-state index is -5.66. The summed E-state index contributed by atoms with van der Waals surface area (Å²) in [7, 11) is -10.8. The van der Waals surface area contributed by atoms with Gasteiger partial charge in [-0.1, -0.05) is 131 Å². The van der Waals surface area contributed by atoms with Crippen LogP contribution in [0.1, 0.15) is 171 Å². The van der Waals surface area contributed by atoms with Gasteiger partial charge in [0.1, 0.15) is 73.1 Å². The van der Waals surface area contributed by atoms with Gasteiger partial charge in [-0.2, -0.15) is 4.31 Å². The molecule has 3 aliphatic rings. The van der Waals surface area contributed by atoms with Crippen LogP contribution >= 0.6 is 35.2 Å². The number of carboxylic acids is 1. The molecule has 0 bridgehead atoms. The number of amides is 13. The van der Waals surface area contributed by atoms with E-state index >= 15 is 0 Å². The third kappa shape index (κ3) is 35.5. The Kier molecular flexibility index (Phi) is 46.4. The monoisotopic (exact) mass is 2080 g/mol. The van der Waals surface area contributed by atoms with Crippen molar-refractivity contribution in [3.05, 3.63) is 78.4 Å². The number of nitrogens with zero attached hydrogens (tertiary/aromatic N) is 8. The maximum Gasteiger partial charge on any atom is 0.481 e. The number of phosphoric ester groups is 3. The number of thioether (sulfide) groups is 1. The third-order valence-corrected chi connectivity index (χ3v) is 29.2. The van der Waals surface area contributed by atoms with Crippen molar-refractivity contribution in [3.63, 3.8) is 0 Å². The highest BCUT2D eigenvalue weighted by Gasteiger charge is 2.52. The highest BCUT2D eigenvalue weighted by Crippen LogP contribution is 2.61. The Balaban J connectivity index is 0.800. The number of carboxylic acid groups (broad SMARTS) is 1. The summed E-state index contributed by atoms with van der Waals surface area (Å²) < 4.78 is 80.9. The number of fused-ring (bicyclic) bond motifs is 1. The minimum absolute atomic E-state index is 0.0000152. The molecule has 49 nitrogen and oxygen atoms in total. The number of hydrogen-bond donors (Lipinski definition) is 17. The Morgan fingerprint density at radius 2 is 1.37 bits per heavy atom. The largest absolute Gasteiger partial charge is 0.481 e. The first-order valence-corrected chi connectivity index (χ1v) is 52.5. The van der Waals surface area contributed by atoms with Crippen LogP contribution in [0.15, 0.2) is 67.3 Å². The van der Waals surface area contributed by atoms with E-state index in [0.717, 1.165) is 27.7 Å². The minimum Gasteiger partial charge on any atom is -0.480 e. The zero-order chi connectivity index (χ0) is 106. The predicted octanol–water partition coefficient (Wildman–Crippen LogP) is 3.48. The summed E-state index contributed by atoms with van der Waals surface area (Å²) in [5.74, 6) is -8.73. The zero-order valence-electron chi connectivity index (χ0n) is 82.6. The fourth-order valence-corrected chi connectivity index (χ4v) is 20.7. The molecule has 13 amide bonds. The number of carbonyl (C=O) groups is 13. The lowest BCUT2D eigenvalue weighted by Crippen LogP contribution is -2.60. The van der Waals surface area contributed by atoms with Crippen LogP contribution in [0.4, 0.5) is 21.1 Å². The fraction of sp³-hybridized carbons (Fsp3) is 0.663. The van der Waals surface area contributed by atoms with Crippen LogP contribution < -0.4 is 54.0 Å². The van der Waals surface area contributed by atoms with Crippen molar-refractivity contribution in [2.45, 2.75) is 257 Å². The first-order chi connectivity index (χ1) is 66.7. The maximum absolute atomic E-state index is 14.9. The molecule has 0 radical (unpaired) electrons. The molecule has 53 heteroatoms. The summed E-state index contributed by atoms with van der Waals surface area (Å²) in [6.45, 7) is 17.2. The number of benzene rings is 2. The Hall–Kier alpha value is -9.98. The van der Waals surface area contributed by atoms with Crippen molar-refractivity contribution < 1.29 is 148 Å². The van der Waals surface area contributed by atoms with Crippen LogP contribution in [0.25, 0.3) is 11.2 Å². The van der Waals surface area contributed by atoms with Gasteiger partial charge in [-0.3, -0.25) is 71.0 Å². The summed E-state index contributed by atoms with van der Waals surface area (Å²) >= 11 is 1.35. The Morgan fingerprint density at radius 3 is 2.00 bits per heavy atom. The van der Waals surface area contributed by atoms with E-state index in [0.29, 0.717) is 75.9 Å². The van der Waals surface area contributed by atoms with Gasteiger partial charge in [0.05, 0.1) is 61.4 Å². The molecule has 0 saturated carbocycles. The number of phosphoric acid groups is 3. The second kappa shape index (κ2) is 55.4. The average molecular weight is 2080 g/mol. The molecule has 2 aromatic carbocycles. The number of primary amides is 1. The molecule has 3 aliphatic heterocycles. The molecular weight excluding hydrogens is 1940 g/mol. The molecule has 0 aliphatic carbocycles. The van der Waals surface area contributed by atoms with Gasteiger partial charge in [0, 0.05) is 104 Å². The Morgan fingerprint density at radius 1 is 0.704 bits per heavy atom. The smallest absolute Gasteiger partial charge is 0.480 e. The van der Waals surface area contributed by atoms with Crippen molar-refractivity contribution in [2.24, 2.45) is 40.7 Å². The van der Waals surface area contributed by atoms with Crippen LogP contribution in [0.3, 0.4) is 0 Å². The van der Waals surface area contributed by atoms with E-state index in [1.54, 1.807) is 120 Å². The first-order valence-electron chi connectivity index (χ1n) is 47.0. The second-order valence-electron chi connectivity index (χ2n) is 37.1. The number of carbonyl (C=O) groups excluding carboxylic acids is 12. The molecule has 4 aromatic rings. The number of aliphatic hydroxyl groups is 2. The van der Waals surface area contributed by atoms with E-state index in [-0.39, 0.29) is 110 Å². The summed E-state index contributed by atoms with van der Waals surface area (Å²) in [5, 5.41) is 53.0. The molecule has 19 N–H and O–H groups in total. The van der Waals surface area contributed by atoms with Gasteiger partial charge in [-0.05, 0) is 91.9 Å². The van der Waals surface area contributed by atoms with Gasteiger partial charge in [-0.25, -0.2) is 43.0 Å². The van der Waals surface area contributed by atoms with E-state index in [4.69, 9.17) is 39.5 Å². The van der Waals surface area contributed by atoms with Crippen LogP contribution in [0.5, 0.6) is 0 Å². The summed E-state index contributed by atoms with van der Waals surface area (Å²) in [4.78, 5) is 234. The molecule has 2 aromatic heterocycles. The summed E-state index contributed by atoms with van der Waals surface area (Å²) in [5.41, 5.74) is 11.0.